The van der Waals surface area contributed by atoms with Gasteiger partial charge in [0, 0.05) is 88.8 Å². The third kappa shape index (κ3) is 34.4. The molecule has 9 heteroatoms. The summed E-state index contributed by atoms with van der Waals surface area (Å²) in [4.78, 5) is 19.1. The molecule has 0 heterocycles. The number of carbonyl (C=O) groups excluding carboxylic acids is 1. The lowest BCUT2D eigenvalue weighted by Gasteiger charge is -2.26. The molecule has 9 nitrogen and oxygen atoms in total. The van der Waals surface area contributed by atoms with Gasteiger partial charge in [-0.05, 0) is 142 Å². The highest BCUT2D eigenvalue weighted by atomic mass is 16.5. The molecule has 0 N–H and O–H groups in total. The smallest absolute Gasteiger partial charge is 0.298 e. The normalized spacial score (nSPS) is 11.0. The van der Waals surface area contributed by atoms with Crippen molar-refractivity contribution in [1.29, 1.82) is 0 Å². The first-order chi connectivity index (χ1) is 32.4. The first kappa shape index (κ1) is 63.4. The van der Waals surface area contributed by atoms with Gasteiger partial charge in [0.2, 0.25) is 0 Å². The lowest BCUT2D eigenvalue weighted by atomic mass is 10.1. The van der Waals surface area contributed by atoms with E-state index >= 15 is 0 Å². The zero-order chi connectivity index (χ0) is 52.5. The Morgan fingerprint density at radius 1 is 0.565 bits per heavy atom. The summed E-state index contributed by atoms with van der Waals surface area (Å²) in [5.74, 6) is 9.66. The molecule has 3 aromatic carbocycles. The van der Waals surface area contributed by atoms with Crippen molar-refractivity contribution in [2.75, 3.05) is 84.7 Å². The fourth-order valence-corrected chi connectivity index (χ4v) is 5.79. The van der Waals surface area contributed by atoms with Crippen LogP contribution in [-0.2, 0) is 36.8 Å². The van der Waals surface area contributed by atoms with Gasteiger partial charge >= 0.3 is 0 Å². The Bertz CT molecular complexity index is 1970. The molecule has 0 radical (unpaired) electrons. The lowest BCUT2D eigenvalue weighted by molar-refractivity contribution is -0.124. The van der Waals surface area contributed by atoms with Gasteiger partial charge in [0.1, 0.15) is 0 Å². The minimum atomic E-state index is -0.303. The van der Waals surface area contributed by atoms with Gasteiger partial charge in [0.15, 0.2) is 0 Å². The highest BCUT2D eigenvalue weighted by molar-refractivity contribution is 5.92. The van der Waals surface area contributed by atoms with Crippen LogP contribution < -0.4 is 4.90 Å². The Hall–Kier alpha value is -5.59. The molecule has 0 atom stereocenters. The Morgan fingerprint density at radius 3 is 1.26 bits per heavy atom. The van der Waals surface area contributed by atoms with Gasteiger partial charge in [-0.25, -0.2) is 0 Å². The van der Waals surface area contributed by atoms with E-state index < -0.39 is 0 Å². The minimum absolute atomic E-state index is 0.0476. The van der Waals surface area contributed by atoms with E-state index in [1.165, 1.54) is 16.0 Å². The van der Waals surface area contributed by atoms with Crippen molar-refractivity contribution in [3.63, 3.8) is 0 Å². The predicted molar refractivity (Wildman–Crippen MR) is 292 cm³/mol. The molecule has 0 aliphatic carbocycles. The van der Waals surface area contributed by atoms with Crippen molar-refractivity contribution in [2.45, 2.75) is 112 Å². The average Bonchev–Trinajstić information content (AvgIpc) is 3.28. The van der Waals surface area contributed by atoms with Crippen LogP contribution in [0.1, 0.15) is 104 Å². The van der Waals surface area contributed by atoms with Gasteiger partial charge in [0.05, 0.1) is 49.3 Å². The zero-order valence-electron chi connectivity index (χ0n) is 44.7. The van der Waals surface area contributed by atoms with Crippen LogP contribution in [0.4, 0.5) is 5.69 Å². The van der Waals surface area contributed by atoms with Crippen LogP contribution in [0.3, 0.4) is 0 Å². The van der Waals surface area contributed by atoms with E-state index in [0.717, 1.165) is 81.4 Å². The fourth-order valence-electron chi connectivity index (χ4n) is 5.79. The van der Waals surface area contributed by atoms with Crippen LogP contribution in [0.25, 0.3) is 0 Å². The first-order valence-corrected chi connectivity index (χ1v) is 23.7. The second-order valence-electron chi connectivity index (χ2n) is 19.5. The average molecular weight is 943 g/mol. The number of nitrogens with zero attached hydrogens (tertiary/aromatic N) is 4. The maximum Gasteiger partial charge on any atom is 0.298 e. The Morgan fingerprint density at radius 2 is 0.928 bits per heavy atom. The van der Waals surface area contributed by atoms with Gasteiger partial charge in [-0.15, -0.1) is 38.9 Å². The molecule has 0 aliphatic rings. The van der Waals surface area contributed by atoms with Crippen LogP contribution in [0, 0.1) is 49.4 Å². The molecule has 0 bridgehead atoms. The third-order valence-corrected chi connectivity index (χ3v) is 9.50. The number of benzene rings is 3. The molecule has 3 aromatic rings. The number of amides is 1. The van der Waals surface area contributed by atoms with E-state index in [9.17, 15) is 4.79 Å². The summed E-state index contributed by atoms with van der Waals surface area (Å²) in [6.45, 7) is 39.3. The highest BCUT2D eigenvalue weighted by Gasteiger charge is 2.14. The Balaban J connectivity index is 0.000000941. The SMILES string of the molecule is C#CC(=O)N(C)CCOC(C)C.C#Cc1ccc(CN(CCOC(C)(C)C)Cc2ccc(C#C)cc2)cc1.C#Cc1ccc(N(C)CCOC(C)(C)C)cc1.C=CCN(CC=C)CCOC(C)(C)C. The summed E-state index contributed by atoms with van der Waals surface area (Å²) in [6, 6.07) is 24.3. The van der Waals surface area contributed by atoms with Crippen LogP contribution in [0.15, 0.2) is 98.1 Å². The molecule has 376 valence electrons. The molecule has 3 rings (SSSR count). The van der Waals surface area contributed by atoms with Crippen molar-refractivity contribution in [2.24, 2.45) is 0 Å². The zero-order valence-corrected chi connectivity index (χ0v) is 44.7. The Kier molecular flexibility index (Phi) is 31.8. The number of ether oxygens (including phenoxy) is 4. The number of likely N-dealkylation sites (N-methyl/N-ethyl adjacent to an activating group) is 2. The van der Waals surface area contributed by atoms with Crippen LogP contribution in [-0.4, -0.2) is 123 Å². The molecule has 0 aromatic heterocycles. The number of hydrogen-bond acceptors (Lipinski definition) is 8. The van der Waals surface area contributed by atoms with E-state index in [4.69, 9.17) is 44.6 Å². The minimum Gasteiger partial charge on any atom is -0.377 e. The summed E-state index contributed by atoms with van der Waals surface area (Å²) in [5.41, 5.74) is 6.09. The Labute approximate surface area is 420 Å². The molecule has 1 amide bonds. The summed E-state index contributed by atoms with van der Waals surface area (Å²) in [5, 5.41) is 0. The fraction of sp³-hybridized carbons (Fsp3) is 0.483. The highest BCUT2D eigenvalue weighted by Crippen LogP contribution is 2.16. The van der Waals surface area contributed by atoms with Crippen molar-refractivity contribution in [3.8, 4) is 49.4 Å². The second kappa shape index (κ2) is 34.7. The van der Waals surface area contributed by atoms with E-state index in [0.29, 0.717) is 19.8 Å². The van der Waals surface area contributed by atoms with Crippen molar-refractivity contribution in [1.82, 2.24) is 14.7 Å². The number of hydrogen-bond donors (Lipinski definition) is 0. The van der Waals surface area contributed by atoms with Crippen LogP contribution in [0.5, 0.6) is 0 Å². The molecular weight excluding hydrogens is 857 g/mol. The lowest BCUT2D eigenvalue weighted by Crippen LogP contribution is -2.31. The summed E-state index contributed by atoms with van der Waals surface area (Å²) < 4.78 is 22.5. The van der Waals surface area contributed by atoms with E-state index in [2.05, 4.69) is 139 Å². The molecular formula is C60H86N4O5. The van der Waals surface area contributed by atoms with Gasteiger partial charge in [-0.3, -0.25) is 14.6 Å². The topological polar surface area (TPSA) is 67.0 Å². The molecule has 0 saturated heterocycles. The summed E-state index contributed by atoms with van der Waals surface area (Å²) in [7, 11) is 3.71. The maximum atomic E-state index is 10.8. The van der Waals surface area contributed by atoms with E-state index in [1.54, 1.807) is 7.05 Å². The summed E-state index contributed by atoms with van der Waals surface area (Å²) in [6.07, 6.45) is 25.1. The molecule has 0 aliphatic heterocycles. The van der Waals surface area contributed by atoms with Crippen LogP contribution in [0.2, 0.25) is 0 Å². The molecule has 0 saturated carbocycles. The monoisotopic (exact) mass is 943 g/mol. The largest absolute Gasteiger partial charge is 0.377 e. The number of terminal acetylenes is 4. The van der Waals surface area contributed by atoms with Crippen molar-refractivity contribution >= 4 is 11.6 Å². The van der Waals surface area contributed by atoms with Crippen LogP contribution >= 0.6 is 0 Å². The van der Waals surface area contributed by atoms with E-state index in [-0.39, 0.29) is 28.8 Å². The van der Waals surface area contributed by atoms with Crippen molar-refractivity contribution < 1.29 is 23.7 Å². The molecule has 69 heavy (non-hydrogen) atoms. The quantitative estimate of drug-likeness (QED) is 0.0729. The molecule has 0 unspecified atom stereocenters. The molecule has 0 spiro atoms. The van der Waals surface area contributed by atoms with Gasteiger partial charge < -0.3 is 28.7 Å². The third-order valence-electron chi connectivity index (χ3n) is 9.50. The van der Waals surface area contributed by atoms with E-state index in [1.807, 2.05) is 80.5 Å². The number of rotatable bonds is 22. The number of anilines is 1. The first-order valence-electron chi connectivity index (χ1n) is 23.7. The second-order valence-corrected chi connectivity index (χ2v) is 19.5. The maximum absolute atomic E-state index is 10.8. The summed E-state index contributed by atoms with van der Waals surface area (Å²) >= 11 is 0. The van der Waals surface area contributed by atoms with Crippen molar-refractivity contribution in [3.05, 3.63) is 126 Å². The van der Waals surface area contributed by atoms with Gasteiger partial charge in [0.25, 0.3) is 5.91 Å². The van der Waals surface area contributed by atoms with Gasteiger partial charge in [-0.1, -0.05) is 54.2 Å². The van der Waals surface area contributed by atoms with Gasteiger partial charge in [-0.2, -0.15) is 0 Å². The number of carbonyl (C=O) groups is 1. The standard InChI is InChI=1S/C24H27NO.C15H21NO.C12H23NO.C9H15NO2/c1-6-20-8-12-22(13-9-20)18-25(16-17-26-24(3,4)5)19-23-14-10-21(7-2)11-15-23;1-6-13-7-9-14(10-8-13)16(5)11-12-17-15(2,3)4;1-6-8-13(9-7-2)10-11-14-12(3,4)5;1-5-9(11)10(4)6-7-12-8(2)3/h1-2,8-15H,16-19H2,3-5H3;1,7-10H,11-12H2,2-5H3;6-7H,1-2,8-11H2,3-5H3;1,8H,6-7H2,2-4H3. The predicted octanol–water partition coefficient (Wildman–Crippen LogP) is 10.4. The molecule has 0 fully saturated rings.